The van der Waals surface area contributed by atoms with Gasteiger partial charge in [0.25, 0.3) is 0 Å². The molecule has 0 amide bonds. The molecule has 0 aromatic heterocycles. The number of hydrogen-bond acceptors (Lipinski definition) is 4. The molecule has 1 aromatic carbocycles. The molecule has 0 aliphatic heterocycles. The molecule has 0 heterocycles. The van der Waals surface area contributed by atoms with Crippen LogP contribution in [0.1, 0.15) is 20.7 Å². The molecule has 0 atom stereocenters. The summed E-state index contributed by atoms with van der Waals surface area (Å²) >= 11 is 0. The highest BCUT2D eigenvalue weighted by Crippen LogP contribution is 2.34. The van der Waals surface area contributed by atoms with Crippen LogP contribution in [-0.2, 0) is 0 Å². The molecule has 0 N–H and O–H groups in total. The minimum absolute atomic E-state index is 0.00217. The molecule has 1 aromatic rings. The lowest BCUT2D eigenvalue weighted by Crippen LogP contribution is -2.16. The molecule has 2 rings (SSSR count). The average Bonchev–Trinajstić information content (AvgIpc) is 2.46. The molecule has 0 saturated heterocycles. The summed E-state index contributed by atoms with van der Waals surface area (Å²) in [6.07, 6.45) is 12.6. The number of rotatable bonds is 4. The number of ketones is 2. The van der Waals surface area contributed by atoms with Gasteiger partial charge in [0.2, 0.25) is 0 Å². The first-order valence-corrected chi connectivity index (χ1v) is 5.75. The molecule has 0 spiro atoms. The molecule has 0 bridgehead atoms. The Morgan fingerprint density at radius 2 is 1.25 bits per heavy atom. The van der Waals surface area contributed by atoms with E-state index in [1.54, 1.807) is 0 Å². The summed E-state index contributed by atoms with van der Waals surface area (Å²) in [6.45, 7) is 0.00433. The lowest BCUT2D eigenvalue weighted by Gasteiger charge is -2.17. The summed E-state index contributed by atoms with van der Waals surface area (Å²) in [4.78, 5) is 23.9. The fraction of sp³-hybridized carbons (Fsp3) is 0.125. The van der Waals surface area contributed by atoms with Gasteiger partial charge in [-0.3, -0.25) is 9.59 Å². The van der Waals surface area contributed by atoms with Crippen molar-refractivity contribution in [2.75, 3.05) is 13.2 Å². The number of benzene rings is 1. The van der Waals surface area contributed by atoms with Crippen molar-refractivity contribution in [3.05, 3.63) is 35.4 Å². The SMILES string of the molecule is C#CCOc1ccc(OCC#C)c2c1C(=O)C=CC2=O. The Kier molecular flexibility index (Phi) is 3.88. The van der Waals surface area contributed by atoms with Gasteiger partial charge in [-0.15, -0.1) is 12.8 Å². The van der Waals surface area contributed by atoms with Crippen LogP contribution in [0.5, 0.6) is 11.5 Å². The number of ether oxygens (including phenoxy) is 2. The minimum Gasteiger partial charge on any atom is -0.480 e. The lowest BCUT2D eigenvalue weighted by atomic mass is 9.93. The second-order valence-corrected chi connectivity index (χ2v) is 3.86. The van der Waals surface area contributed by atoms with Gasteiger partial charge in [-0.25, -0.2) is 0 Å². The highest BCUT2D eigenvalue weighted by Gasteiger charge is 2.27. The molecular formula is C16H10O4. The Morgan fingerprint density at radius 3 is 1.60 bits per heavy atom. The third kappa shape index (κ3) is 2.41. The van der Waals surface area contributed by atoms with E-state index in [0.717, 1.165) is 0 Å². The van der Waals surface area contributed by atoms with Gasteiger partial charge in [-0.2, -0.15) is 0 Å². The molecule has 1 aliphatic carbocycles. The average molecular weight is 266 g/mol. The predicted molar refractivity (Wildman–Crippen MR) is 72.9 cm³/mol. The van der Waals surface area contributed by atoms with Crippen molar-refractivity contribution in [2.24, 2.45) is 0 Å². The molecule has 98 valence electrons. The highest BCUT2D eigenvalue weighted by atomic mass is 16.5. The second kappa shape index (κ2) is 5.77. The van der Waals surface area contributed by atoms with Crippen LogP contribution in [0.15, 0.2) is 24.3 Å². The smallest absolute Gasteiger partial charge is 0.190 e. The number of terminal acetylenes is 2. The van der Waals surface area contributed by atoms with E-state index in [-0.39, 0.29) is 47.4 Å². The third-order valence-corrected chi connectivity index (χ3v) is 2.63. The summed E-state index contributed by atoms with van der Waals surface area (Å²) in [5, 5.41) is 0. The van der Waals surface area contributed by atoms with E-state index in [1.165, 1.54) is 24.3 Å². The van der Waals surface area contributed by atoms with Crippen molar-refractivity contribution in [3.8, 4) is 36.2 Å². The normalized spacial score (nSPS) is 12.3. The number of carbonyl (C=O) groups excluding carboxylic acids is 2. The van der Waals surface area contributed by atoms with Crippen LogP contribution < -0.4 is 9.47 Å². The van der Waals surface area contributed by atoms with E-state index < -0.39 is 0 Å². The van der Waals surface area contributed by atoms with E-state index >= 15 is 0 Å². The van der Waals surface area contributed by atoms with Crippen LogP contribution in [0.3, 0.4) is 0 Å². The van der Waals surface area contributed by atoms with Gasteiger partial charge >= 0.3 is 0 Å². The number of fused-ring (bicyclic) bond motifs is 1. The van der Waals surface area contributed by atoms with E-state index in [1.807, 2.05) is 0 Å². The minimum atomic E-state index is -0.335. The monoisotopic (exact) mass is 266 g/mol. The number of allylic oxidation sites excluding steroid dienone is 2. The molecule has 4 nitrogen and oxygen atoms in total. The lowest BCUT2D eigenvalue weighted by molar-refractivity contribution is 0.0988. The zero-order valence-corrected chi connectivity index (χ0v) is 10.5. The maximum absolute atomic E-state index is 12.0. The predicted octanol–water partition coefficient (Wildman–Crippen LogP) is 1.65. The highest BCUT2D eigenvalue weighted by molar-refractivity contribution is 6.24. The molecule has 0 fully saturated rings. The topological polar surface area (TPSA) is 52.6 Å². The molecule has 0 saturated carbocycles. The summed E-state index contributed by atoms with van der Waals surface area (Å²) in [5.74, 6) is 4.45. The maximum Gasteiger partial charge on any atom is 0.190 e. The molecule has 1 aliphatic rings. The third-order valence-electron chi connectivity index (χ3n) is 2.63. The van der Waals surface area contributed by atoms with E-state index in [0.29, 0.717) is 0 Å². The summed E-state index contributed by atoms with van der Waals surface area (Å²) in [5.41, 5.74) is 0.310. The quantitative estimate of drug-likeness (QED) is 0.777. The van der Waals surface area contributed by atoms with Crippen molar-refractivity contribution in [2.45, 2.75) is 0 Å². The Bertz CT molecular complexity index is 625. The number of hydrogen-bond donors (Lipinski definition) is 0. The first kappa shape index (κ1) is 13.5. The van der Waals surface area contributed by atoms with Gasteiger partial charge in [0, 0.05) is 0 Å². The van der Waals surface area contributed by atoms with Crippen LogP contribution in [0.2, 0.25) is 0 Å². The van der Waals surface area contributed by atoms with Crippen molar-refractivity contribution >= 4 is 11.6 Å². The fourth-order valence-corrected chi connectivity index (χ4v) is 1.85. The summed E-state index contributed by atoms with van der Waals surface area (Å²) < 4.78 is 10.6. The van der Waals surface area contributed by atoms with Gasteiger partial charge in [0.1, 0.15) is 24.7 Å². The van der Waals surface area contributed by atoms with Crippen molar-refractivity contribution in [1.82, 2.24) is 0 Å². The number of carbonyl (C=O) groups is 2. The Hall–Kier alpha value is -2.98. The zero-order chi connectivity index (χ0) is 14.5. The summed E-state index contributed by atoms with van der Waals surface area (Å²) in [7, 11) is 0. The fourth-order valence-electron chi connectivity index (χ4n) is 1.85. The van der Waals surface area contributed by atoms with Gasteiger partial charge in [-0.1, -0.05) is 11.8 Å². The van der Waals surface area contributed by atoms with Crippen molar-refractivity contribution in [3.63, 3.8) is 0 Å². The van der Waals surface area contributed by atoms with Crippen LogP contribution in [0, 0.1) is 24.7 Å². The van der Waals surface area contributed by atoms with Crippen LogP contribution in [0.25, 0.3) is 0 Å². The Balaban J connectivity index is 2.55. The Labute approximate surface area is 116 Å². The van der Waals surface area contributed by atoms with Crippen LogP contribution >= 0.6 is 0 Å². The van der Waals surface area contributed by atoms with Gasteiger partial charge in [0.05, 0.1) is 11.1 Å². The van der Waals surface area contributed by atoms with Gasteiger partial charge < -0.3 is 9.47 Å². The molecule has 0 radical (unpaired) electrons. The largest absolute Gasteiger partial charge is 0.480 e. The van der Waals surface area contributed by atoms with Gasteiger partial charge in [0.15, 0.2) is 11.6 Å². The first-order chi connectivity index (χ1) is 9.69. The van der Waals surface area contributed by atoms with E-state index in [9.17, 15) is 9.59 Å². The van der Waals surface area contributed by atoms with Crippen molar-refractivity contribution in [1.29, 1.82) is 0 Å². The van der Waals surface area contributed by atoms with E-state index in [4.69, 9.17) is 22.3 Å². The zero-order valence-electron chi connectivity index (χ0n) is 10.5. The molecule has 20 heavy (non-hydrogen) atoms. The van der Waals surface area contributed by atoms with Crippen LogP contribution in [0.4, 0.5) is 0 Å². The van der Waals surface area contributed by atoms with Crippen molar-refractivity contribution < 1.29 is 19.1 Å². The summed E-state index contributed by atoms with van der Waals surface area (Å²) in [6, 6.07) is 3.07. The Morgan fingerprint density at radius 1 is 0.850 bits per heavy atom. The standard InChI is InChI=1S/C16H10O4/c1-3-9-19-13-7-8-14(20-10-4-2)16-12(18)6-5-11(17)15(13)16/h1-2,5-8H,9-10H2. The molecule has 4 heteroatoms. The molecule has 0 unspecified atom stereocenters. The van der Waals surface area contributed by atoms with Gasteiger partial charge in [-0.05, 0) is 24.3 Å². The maximum atomic E-state index is 12.0. The second-order valence-electron chi connectivity index (χ2n) is 3.86. The van der Waals surface area contributed by atoms with E-state index in [2.05, 4.69) is 11.8 Å². The first-order valence-electron chi connectivity index (χ1n) is 5.75. The van der Waals surface area contributed by atoms with Crippen LogP contribution in [-0.4, -0.2) is 24.8 Å². The molecular weight excluding hydrogens is 256 g/mol.